The highest BCUT2D eigenvalue weighted by molar-refractivity contribution is 7.80. The number of benzene rings is 1. The first-order chi connectivity index (χ1) is 7.83. The molecule has 2 heteroatoms. The van der Waals surface area contributed by atoms with E-state index in [-0.39, 0.29) is 0 Å². The molecule has 0 amide bonds. The molecule has 0 fully saturated rings. The Morgan fingerprint density at radius 3 is 2.94 bits per heavy atom. The number of hydrogen-bond acceptors (Lipinski definition) is 2. The fraction of sp³-hybridized carbons (Fsp3) is 0.571. The van der Waals surface area contributed by atoms with Crippen LogP contribution in [0.2, 0.25) is 0 Å². The first-order valence-electron chi connectivity index (χ1n) is 6.28. The van der Waals surface area contributed by atoms with Gasteiger partial charge in [-0.25, -0.2) is 0 Å². The number of unbranched alkanes of at least 4 members (excludes halogenated alkanes) is 1. The van der Waals surface area contributed by atoms with Crippen LogP contribution in [0.15, 0.2) is 24.3 Å². The maximum atomic E-state index is 4.28. The summed E-state index contributed by atoms with van der Waals surface area (Å²) in [6.07, 6.45) is 5.00. The van der Waals surface area contributed by atoms with Crippen molar-refractivity contribution in [3.63, 3.8) is 0 Å². The van der Waals surface area contributed by atoms with Gasteiger partial charge in [-0.3, -0.25) is 0 Å². The van der Waals surface area contributed by atoms with Crippen LogP contribution < -0.4 is 4.90 Å². The Bertz CT molecular complexity index is 337. The highest BCUT2D eigenvalue weighted by Gasteiger charge is 2.21. The molecule has 2 rings (SSSR count). The lowest BCUT2D eigenvalue weighted by molar-refractivity contribution is 0.550. The van der Waals surface area contributed by atoms with Crippen LogP contribution in [0.3, 0.4) is 0 Å². The molecule has 0 aromatic heterocycles. The molecular weight excluding hydrogens is 214 g/mol. The van der Waals surface area contributed by atoms with E-state index >= 15 is 0 Å². The minimum absolute atomic E-state index is 0.690. The number of hydrogen-bond donors (Lipinski definition) is 1. The number of rotatable bonds is 4. The average Bonchev–Trinajstić information content (AvgIpc) is 2.32. The molecule has 0 saturated carbocycles. The molecule has 16 heavy (non-hydrogen) atoms. The SMILES string of the molecule is CC1CCc2ccccc2N1CCCCS. The Morgan fingerprint density at radius 1 is 1.31 bits per heavy atom. The molecule has 0 saturated heterocycles. The third kappa shape index (κ3) is 2.54. The van der Waals surface area contributed by atoms with Crippen molar-refractivity contribution in [1.29, 1.82) is 0 Å². The number of anilines is 1. The van der Waals surface area contributed by atoms with Gasteiger partial charge in [-0.15, -0.1) is 0 Å². The first-order valence-corrected chi connectivity index (χ1v) is 6.91. The van der Waals surface area contributed by atoms with Crippen molar-refractivity contribution in [3.8, 4) is 0 Å². The molecule has 1 heterocycles. The highest BCUT2D eigenvalue weighted by Crippen LogP contribution is 2.30. The number of nitrogens with zero attached hydrogens (tertiary/aromatic N) is 1. The third-order valence-electron chi connectivity index (χ3n) is 3.47. The maximum Gasteiger partial charge on any atom is 0.0401 e. The molecule has 0 bridgehead atoms. The Morgan fingerprint density at radius 2 is 2.12 bits per heavy atom. The molecule has 88 valence electrons. The summed E-state index contributed by atoms with van der Waals surface area (Å²) in [5.74, 6) is 1.00. The molecule has 0 radical (unpaired) electrons. The average molecular weight is 235 g/mol. The maximum absolute atomic E-state index is 4.28. The lowest BCUT2D eigenvalue weighted by atomic mass is 9.96. The molecule has 1 atom stereocenters. The Balaban J connectivity index is 2.10. The molecule has 0 N–H and O–H groups in total. The summed E-state index contributed by atoms with van der Waals surface area (Å²) >= 11 is 4.28. The van der Waals surface area contributed by atoms with E-state index in [1.165, 1.54) is 43.5 Å². The zero-order valence-electron chi connectivity index (χ0n) is 10.0. The van der Waals surface area contributed by atoms with Gasteiger partial charge in [0.15, 0.2) is 0 Å². The number of aryl methyl sites for hydroxylation is 1. The van der Waals surface area contributed by atoms with Gasteiger partial charge in [0.05, 0.1) is 0 Å². The van der Waals surface area contributed by atoms with E-state index in [9.17, 15) is 0 Å². The molecule has 0 spiro atoms. The van der Waals surface area contributed by atoms with Crippen LogP contribution in [0, 0.1) is 0 Å². The van der Waals surface area contributed by atoms with Gasteiger partial charge in [0.1, 0.15) is 0 Å². The van der Waals surface area contributed by atoms with Crippen molar-refractivity contribution in [2.45, 2.75) is 38.6 Å². The summed E-state index contributed by atoms with van der Waals surface area (Å²) in [6, 6.07) is 9.54. The van der Waals surface area contributed by atoms with E-state index in [1.807, 2.05) is 0 Å². The van der Waals surface area contributed by atoms with E-state index in [0.717, 1.165) is 5.75 Å². The monoisotopic (exact) mass is 235 g/mol. The van der Waals surface area contributed by atoms with Crippen LogP contribution in [0.25, 0.3) is 0 Å². The molecule has 1 aromatic carbocycles. The first kappa shape index (κ1) is 11.8. The van der Waals surface area contributed by atoms with Gasteiger partial charge in [0, 0.05) is 18.3 Å². The fourth-order valence-corrected chi connectivity index (χ4v) is 2.72. The summed E-state index contributed by atoms with van der Waals surface area (Å²) in [6.45, 7) is 3.52. The minimum Gasteiger partial charge on any atom is -0.369 e. The van der Waals surface area contributed by atoms with Crippen LogP contribution >= 0.6 is 12.6 Å². The predicted octanol–water partition coefficient (Wildman–Crippen LogP) is 3.54. The van der Waals surface area contributed by atoms with E-state index < -0.39 is 0 Å². The normalized spacial score (nSPS) is 19.6. The fourth-order valence-electron chi connectivity index (χ4n) is 2.49. The zero-order valence-corrected chi connectivity index (χ0v) is 10.9. The van der Waals surface area contributed by atoms with Gasteiger partial charge in [-0.2, -0.15) is 12.6 Å². The molecule has 1 aliphatic rings. The van der Waals surface area contributed by atoms with E-state index in [1.54, 1.807) is 0 Å². The summed E-state index contributed by atoms with van der Waals surface area (Å²) in [5.41, 5.74) is 2.98. The second-order valence-electron chi connectivity index (χ2n) is 4.64. The van der Waals surface area contributed by atoms with Crippen LogP contribution in [0.4, 0.5) is 5.69 Å². The van der Waals surface area contributed by atoms with Crippen molar-refractivity contribution >= 4 is 18.3 Å². The topological polar surface area (TPSA) is 3.24 Å². The van der Waals surface area contributed by atoms with E-state index in [0.29, 0.717) is 6.04 Å². The second kappa shape index (κ2) is 5.62. The van der Waals surface area contributed by atoms with Crippen LogP contribution in [-0.2, 0) is 6.42 Å². The number of para-hydroxylation sites is 1. The third-order valence-corrected chi connectivity index (χ3v) is 3.79. The van der Waals surface area contributed by atoms with Crippen molar-refractivity contribution < 1.29 is 0 Å². The van der Waals surface area contributed by atoms with Gasteiger partial charge in [0.25, 0.3) is 0 Å². The van der Waals surface area contributed by atoms with Gasteiger partial charge in [-0.1, -0.05) is 18.2 Å². The minimum atomic E-state index is 0.690. The van der Waals surface area contributed by atoms with Crippen molar-refractivity contribution in [1.82, 2.24) is 0 Å². The second-order valence-corrected chi connectivity index (χ2v) is 5.09. The van der Waals surface area contributed by atoms with Crippen LogP contribution in [-0.4, -0.2) is 18.3 Å². The smallest absolute Gasteiger partial charge is 0.0401 e. The Hall–Kier alpha value is -0.630. The molecule has 1 nitrogen and oxygen atoms in total. The lowest BCUT2D eigenvalue weighted by Gasteiger charge is -2.37. The van der Waals surface area contributed by atoms with Gasteiger partial charge < -0.3 is 4.90 Å². The van der Waals surface area contributed by atoms with E-state index in [4.69, 9.17) is 0 Å². The molecule has 1 unspecified atom stereocenters. The quantitative estimate of drug-likeness (QED) is 0.617. The van der Waals surface area contributed by atoms with Crippen molar-refractivity contribution in [3.05, 3.63) is 29.8 Å². The molecule has 1 aliphatic heterocycles. The summed E-state index contributed by atoms with van der Waals surface area (Å²) in [4.78, 5) is 2.57. The van der Waals surface area contributed by atoms with Gasteiger partial charge in [0.2, 0.25) is 0 Å². The van der Waals surface area contributed by atoms with Gasteiger partial charge >= 0.3 is 0 Å². The van der Waals surface area contributed by atoms with Gasteiger partial charge in [-0.05, 0) is 50.0 Å². The van der Waals surface area contributed by atoms with Crippen molar-refractivity contribution in [2.75, 3.05) is 17.2 Å². The number of fused-ring (bicyclic) bond motifs is 1. The lowest BCUT2D eigenvalue weighted by Crippen LogP contribution is -2.38. The van der Waals surface area contributed by atoms with E-state index in [2.05, 4.69) is 48.7 Å². The molecule has 1 aromatic rings. The standard InChI is InChI=1S/C14H21NS/c1-12-8-9-13-6-2-3-7-14(13)15(12)10-4-5-11-16/h2-3,6-7,12,16H,4-5,8-11H2,1H3. The largest absolute Gasteiger partial charge is 0.369 e. The Kier molecular flexibility index (Phi) is 4.16. The molecule has 0 aliphatic carbocycles. The van der Waals surface area contributed by atoms with Crippen LogP contribution in [0.1, 0.15) is 31.7 Å². The zero-order chi connectivity index (χ0) is 11.4. The summed E-state index contributed by atoms with van der Waals surface area (Å²) in [7, 11) is 0. The Labute approximate surface area is 104 Å². The number of thiol groups is 1. The summed E-state index contributed by atoms with van der Waals surface area (Å²) in [5, 5.41) is 0. The van der Waals surface area contributed by atoms with Crippen molar-refractivity contribution in [2.24, 2.45) is 0 Å². The van der Waals surface area contributed by atoms with Crippen LogP contribution in [0.5, 0.6) is 0 Å². The molecular formula is C14H21NS. The predicted molar refractivity (Wildman–Crippen MR) is 74.7 cm³/mol. The highest BCUT2D eigenvalue weighted by atomic mass is 32.1. The summed E-state index contributed by atoms with van der Waals surface area (Å²) < 4.78 is 0.